The molecule has 0 saturated heterocycles. The first kappa shape index (κ1) is 20.3. The van der Waals surface area contributed by atoms with Crippen molar-refractivity contribution < 1.29 is 14.7 Å². The van der Waals surface area contributed by atoms with Crippen molar-refractivity contribution in [1.29, 1.82) is 5.41 Å². The van der Waals surface area contributed by atoms with E-state index >= 15 is 0 Å². The summed E-state index contributed by atoms with van der Waals surface area (Å²) in [6, 6.07) is 22.8. The van der Waals surface area contributed by atoms with E-state index in [2.05, 4.69) is 10.6 Å². The van der Waals surface area contributed by atoms with Gasteiger partial charge in [0, 0.05) is 23.0 Å². The van der Waals surface area contributed by atoms with E-state index in [1.807, 2.05) is 30.3 Å². The van der Waals surface area contributed by atoms with E-state index in [9.17, 15) is 14.7 Å². The van der Waals surface area contributed by atoms with Crippen LogP contribution in [-0.2, 0) is 4.79 Å². The van der Waals surface area contributed by atoms with Gasteiger partial charge in [-0.15, -0.1) is 0 Å². The maximum atomic E-state index is 12.5. The minimum atomic E-state index is -1.04. The van der Waals surface area contributed by atoms with Crippen molar-refractivity contribution in [3.8, 4) is 0 Å². The molecule has 7 heteroatoms. The van der Waals surface area contributed by atoms with Crippen LogP contribution < -0.4 is 16.4 Å². The van der Waals surface area contributed by atoms with Gasteiger partial charge in [-0.05, 0) is 47.0 Å². The fraction of sp³-hybridized carbons (Fsp3) is 0. The summed E-state index contributed by atoms with van der Waals surface area (Å²) in [6.07, 6.45) is 1.16. The molecule has 0 unspecified atom stereocenters. The first-order valence-electron chi connectivity index (χ1n) is 9.05. The molecule has 0 aliphatic rings. The molecule has 3 aromatic carbocycles. The largest absolute Gasteiger partial charge is 0.478 e. The number of nitrogens with one attached hydrogen (secondary N) is 3. The number of nitrogens with two attached hydrogens (primary N) is 1. The summed E-state index contributed by atoms with van der Waals surface area (Å²) >= 11 is 0. The highest BCUT2D eigenvalue weighted by atomic mass is 16.4. The van der Waals surface area contributed by atoms with Gasteiger partial charge in [0.15, 0.2) is 5.96 Å². The molecule has 0 bridgehead atoms. The number of amides is 1. The number of rotatable bonds is 6. The van der Waals surface area contributed by atoms with Crippen LogP contribution in [0.3, 0.4) is 0 Å². The Hall–Kier alpha value is -4.39. The van der Waals surface area contributed by atoms with E-state index in [1.54, 1.807) is 48.5 Å². The third-order valence-electron chi connectivity index (χ3n) is 4.21. The molecule has 7 nitrogen and oxygen atoms in total. The Morgan fingerprint density at radius 2 is 1.43 bits per heavy atom. The van der Waals surface area contributed by atoms with Gasteiger partial charge in [-0.2, -0.15) is 0 Å². The second kappa shape index (κ2) is 9.20. The number of anilines is 2. The molecular formula is C23H20N4O3. The van der Waals surface area contributed by atoms with Crippen LogP contribution in [0.25, 0.3) is 5.57 Å². The lowest BCUT2D eigenvalue weighted by molar-refractivity contribution is -0.131. The topological polar surface area (TPSA) is 128 Å². The average molecular weight is 400 g/mol. The van der Waals surface area contributed by atoms with Gasteiger partial charge in [0.05, 0.1) is 0 Å². The summed E-state index contributed by atoms with van der Waals surface area (Å²) in [4.78, 5) is 23.8. The second-order valence-corrected chi connectivity index (χ2v) is 6.41. The number of hydrogen-bond donors (Lipinski definition) is 5. The van der Waals surface area contributed by atoms with Crippen LogP contribution in [0.1, 0.15) is 21.5 Å². The van der Waals surface area contributed by atoms with Gasteiger partial charge in [-0.25, -0.2) is 4.79 Å². The van der Waals surface area contributed by atoms with Crippen LogP contribution >= 0.6 is 0 Å². The molecule has 0 radical (unpaired) electrons. The predicted molar refractivity (Wildman–Crippen MR) is 118 cm³/mol. The van der Waals surface area contributed by atoms with Crippen LogP contribution in [0.5, 0.6) is 0 Å². The van der Waals surface area contributed by atoms with E-state index in [4.69, 9.17) is 11.1 Å². The molecule has 0 aromatic heterocycles. The van der Waals surface area contributed by atoms with E-state index in [0.717, 1.165) is 11.6 Å². The number of carbonyl (C=O) groups is 2. The molecule has 0 aliphatic heterocycles. The Balaban J connectivity index is 1.79. The third-order valence-corrected chi connectivity index (χ3v) is 4.21. The first-order chi connectivity index (χ1) is 14.4. The average Bonchev–Trinajstić information content (AvgIpc) is 2.73. The van der Waals surface area contributed by atoms with Gasteiger partial charge in [-0.1, -0.05) is 48.5 Å². The summed E-state index contributed by atoms with van der Waals surface area (Å²) in [6.45, 7) is 0. The summed E-state index contributed by atoms with van der Waals surface area (Å²) in [5.41, 5.74) is 8.90. The van der Waals surface area contributed by atoms with E-state index < -0.39 is 5.97 Å². The van der Waals surface area contributed by atoms with E-state index in [-0.39, 0.29) is 11.9 Å². The molecule has 3 rings (SSSR count). The van der Waals surface area contributed by atoms with Crippen molar-refractivity contribution >= 4 is 34.8 Å². The van der Waals surface area contributed by atoms with Gasteiger partial charge in [0.2, 0.25) is 0 Å². The minimum absolute atomic E-state index is 0.216. The highest BCUT2D eigenvalue weighted by Crippen LogP contribution is 2.25. The quantitative estimate of drug-likeness (QED) is 0.244. The fourth-order valence-corrected chi connectivity index (χ4v) is 2.90. The minimum Gasteiger partial charge on any atom is -0.478 e. The number of carboxylic acid groups (broad SMARTS) is 1. The molecule has 1 amide bonds. The van der Waals surface area contributed by atoms with E-state index in [0.29, 0.717) is 28.1 Å². The highest BCUT2D eigenvalue weighted by molar-refractivity contribution is 6.05. The second-order valence-electron chi connectivity index (χ2n) is 6.41. The normalized spacial score (nSPS) is 10.9. The molecule has 3 aromatic rings. The molecule has 0 aliphatic carbocycles. The van der Waals surface area contributed by atoms with Crippen LogP contribution in [0.15, 0.2) is 84.9 Å². The predicted octanol–water partition coefficient (Wildman–Crippen LogP) is 3.76. The fourth-order valence-electron chi connectivity index (χ4n) is 2.90. The summed E-state index contributed by atoms with van der Waals surface area (Å²) < 4.78 is 0. The molecule has 0 fully saturated rings. The SMILES string of the molecule is N=C(N)Nc1cccc(C(=O)Nc2ccc(/C(=C/C(=O)O)c3ccccc3)cc2)c1. The molecule has 0 saturated carbocycles. The van der Waals surface area contributed by atoms with Crippen molar-refractivity contribution in [2.75, 3.05) is 10.6 Å². The van der Waals surface area contributed by atoms with Gasteiger partial charge in [0.1, 0.15) is 0 Å². The third kappa shape index (κ3) is 5.32. The van der Waals surface area contributed by atoms with Crippen LogP contribution in [0, 0.1) is 5.41 Å². The number of carbonyl (C=O) groups excluding carboxylic acids is 1. The summed E-state index contributed by atoms with van der Waals surface area (Å²) in [5, 5.41) is 21.9. The van der Waals surface area contributed by atoms with Gasteiger partial charge in [-0.3, -0.25) is 10.2 Å². The highest BCUT2D eigenvalue weighted by Gasteiger charge is 2.10. The standard InChI is InChI=1S/C23H20N4O3/c24-23(25)27-19-8-4-7-17(13-19)22(30)26-18-11-9-16(10-12-18)20(14-21(28)29)15-5-2-1-3-6-15/h1-14H,(H,26,30)(H,28,29)(H4,24,25,27)/b20-14+. The van der Waals surface area contributed by atoms with Crippen molar-refractivity contribution in [2.45, 2.75) is 0 Å². The van der Waals surface area contributed by atoms with Crippen molar-refractivity contribution in [1.82, 2.24) is 0 Å². The summed E-state index contributed by atoms with van der Waals surface area (Å²) in [5.74, 6) is -1.57. The van der Waals surface area contributed by atoms with Crippen LogP contribution in [0.4, 0.5) is 11.4 Å². The van der Waals surface area contributed by atoms with E-state index in [1.165, 1.54) is 0 Å². The number of hydrogen-bond acceptors (Lipinski definition) is 3. The lowest BCUT2D eigenvalue weighted by Gasteiger charge is -2.10. The van der Waals surface area contributed by atoms with Gasteiger partial charge in [0.25, 0.3) is 5.91 Å². The molecule has 150 valence electrons. The monoisotopic (exact) mass is 400 g/mol. The van der Waals surface area contributed by atoms with Crippen molar-refractivity contribution in [3.63, 3.8) is 0 Å². The maximum absolute atomic E-state index is 12.5. The number of aliphatic carboxylic acids is 1. The molecule has 6 N–H and O–H groups in total. The Morgan fingerprint density at radius 3 is 2.07 bits per heavy atom. The number of carboxylic acids is 1. The van der Waals surface area contributed by atoms with Crippen molar-refractivity contribution in [3.05, 3.63) is 102 Å². The number of guanidine groups is 1. The maximum Gasteiger partial charge on any atom is 0.328 e. The Morgan fingerprint density at radius 1 is 0.800 bits per heavy atom. The number of benzene rings is 3. The Bertz CT molecular complexity index is 1110. The molecular weight excluding hydrogens is 380 g/mol. The van der Waals surface area contributed by atoms with Crippen molar-refractivity contribution in [2.24, 2.45) is 5.73 Å². The zero-order valence-corrected chi connectivity index (χ0v) is 15.9. The van der Waals surface area contributed by atoms with Gasteiger partial charge < -0.3 is 21.5 Å². The van der Waals surface area contributed by atoms with Crippen LogP contribution in [-0.4, -0.2) is 22.9 Å². The van der Waals surface area contributed by atoms with Gasteiger partial charge >= 0.3 is 5.97 Å². The molecule has 0 atom stereocenters. The summed E-state index contributed by atoms with van der Waals surface area (Å²) in [7, 11) is 0. The Labute approximate surface area is 173 Å². The zero-order chi connectivity index (χ0) is 21.5. The molecule has 0 spiro atoms. The van der Waals surface area contributed by atoms with Crippen LogP contribution in [0.2, 0.25) is 0 Å². The lowest BCUT2D eigenvalue weighted by atomic mass is 9.97. The Kier molecular flexibility index (Phi) is 6.24. The molecule has 30 heavy (non-hydrogen) atoms. The smallest absolute Gasteiger partial charge is 0.328 e. The molecule has 0 heterocycles. The zero-order valence-electron chi connectivity index (χ0n) is 15.9. The lowest BCUT2D eigenvalue weighted by Crippen LogP contribution is -2.20. The first-order valence-corrected chi connectivity index (χ1v) is 9.05.